The lowest BCUT2D eigenvalue weighted by Gasteiger charge is -2.21. The van der Waals surface area contributed by atoms with E-state index in [1.54, 1.807) is 24.3 Å². The first-order chi connectivity index (χ1) is 14.5. The Labute approximate surface area is 178 Å². The molecule has 0 aliphatic carbocycles. The lowest BCUT2D eigenvalue weighted by Crippen LogP contribution is -2.25. The smallest absolute Gasteiger partial charge is 0.396 e. The zero-order chi connectivity index (χ0) is 21.8. The molecule has 0 radical (unpaired) electrons. The third kappa shape index (κ3) is 8.16. The summed E-state index contributed by atoms with van der Waals surface area (Å²) in [5.41, 5.74) is 2.98. The minimum atomic E-state index is -4.12. The van der Waals surface area contributed by atoms with Gasteiger partial charge in [-0.05, 0) is 55.2 Å². The molecule has 2 aromatic rings. The first-order valence-corrected chi connectivity index (χ1v) is 11.2. The van der Waals surface area contributed by atoms with Gasteiger partial charge in [0.2, 0.25) is 0 Å². The van der Waals surface area contributed by atoms with E-state index in [2.05, 4.69) is 4.90 Å². The van der Waals surface area contributed by atoms with Crippen molar-refractivity contribution >= 4 is 28.2 Å². The van der Waals surface area contributed by atoms with E-state index in [9.17, 15) is 8.42 Å². The van der Waals surface area contributed by atoms with Crippen LogP contribution in [-0.4, -0.2) is 51.5 Å². The Morgan fingerprint density at radius 1 is 0.900 bits per heavy atom. The summed E-state index contributed by atoms with van der Waals surface area (Å²) in [7, 11) is -4.12. The maximum Gasteiger partial charge on any atom is 0.449 e. The fraction of sp³-hybridized carbons (Fsp3) is 0.364. The summed E-state index contributed by atoms with van der Waals surface area (Å²) in [6.45, 7) is 3.55. The molecule has 2 aromatic carbocycles. The second-order valence-electron chi connectivity index (χ2n) is 6.54. The van der Waals surface area contributed by atoms with E-state index in [1.165, 1.54) is 0 Å². The van der Waals surface area contributed by atoms with Crippen LogP contribution in [0.15, 0.2) is 48.5 Å². The Hall–Kier alpha value is -2.39. The molecule has 0 aromatic heterocycles. The fourth-order valence-electron chi connectivity index (χ4n) is 2.73. The van der Waals surface area contributed by atoms with Gasteiger partial charge in [-0.3, -0.25) is 0 Å². The van der Waals surface area contributed by atoms with Crippen LogP contribution in [0.5, 0.6) is 5.75 Å². The van der Waals surface area contributed by atoms with Crippen molar-refractivity contribution in [2.45, 2.75) is 19.8 Å². The molecule has 0 saturated heterocycles. The van der Waals surface area contributed by atoms with Crippen molar-refractivity contribution in [2.75, 3.05) is 37.8 Å². The van der Waals surface area contributed by atoms with Crippen LogP contribution in [0.3, 0.4) is 0 Å². The monoisotopic (exact) mass is 435 g/mol. The summed E-state index contributed by atoms with van der Waals surface area (Å²) in [4.78, 5) is 2.09. The van der Waals surface area contributed by atoms with Gasteiger partial charge >= 0.3 is 10.4 Å². The van der Waals surface area contributed by atoms with Crippen molar-refractivity contribution in [3.63, 3.8) is 0 Å². The SMILES string of the molecule is CCN(CCO)c1ccc(C=Cc2ccc(OS(=O)(=O)OCCCCO)cc2)cc1. The van der Waals surface area contributed by atoms with Crippen LogP contribution in [0, 0.1) is 0 Å². The van der Waals surface area contributed by atoms with Crippen molar-refractivity contribution in [3.8, 4) is 5.75 Å². The highest BCUT2D eigenvalue weighted by Crippen LogP contribution is 2.19. The summed E-state index contributed by atoms with van der Waals surface area (Å²) in [5, 5.41) is 17.8. The number of benzene rings is 2. The van der Waals surface area contributed by atoms with Crippen LogP contribution in [0.1, 0.15) is 30.9 Å². The molecule has 0 fully saturated rings. The number of anilines is 1. The summed E-state index contributed by atoms with van der Waals surface area (Å²) < 4.78 is 33.2. The normalized spacial score (nSPS) is 11.7. The number of likely N-dealkylation sites (N-methyl/N-ethyl adjacent to an activating group) is 1. The van der Waals surface area contributed by atoms with Gasteiger partial charge in [0.25, 0.3) is 0 Å². The Morgan fingerprint density at radius 3 is 2.03 bits per heavy atom. The number of nitrogens with zero attached hydrogens (tertiary/aromatic N) is 1. The number of hydrogen-bond donors (Lipinski definition) is 2. The molecule has 0 aliphatic heterocycles. The molecule has 0 atom stereocenters. The van der Waals surface area contributed by atoms with Gasteiger partial charge in [-0.15, -0.1) is 0 Å². The zero-order valence-electron chi connectivity index (χ0n) is 17.1. The van der Waals surface area contributed by atoms with Crippen molar-refractivity contribution in [2.24, 2.45) is 0 Å². The average Bonchev–Trinajstić information content (AvgIpc) is 2.75. The Kier molecular flexibility index (Phi) is 9.82. The number of aliphatic hydroxyl groups excluding tert-OH is 2. The molecule has 0 amide bonds. The average molecular weight is 436 g/mol. The highest BCUT2D eigenvalue weighted by atomic mass is 32.3. The molecular weight excluding hydrogens is 406 g/mol. The summed E-state index contributed by atoms with van der Waals surface area (Å²) in [6, 6.07) is 14.7. The second kappa shape index (κ2) is 12.3. The van der Waals surface area contributed by atoms with Crippen LogP contribution in [0.2, 0.25) is 0 Å². The minimum Gasteiger partial charge on any atom is -0.396 e. The molecule has 0 aliphatic rings. The number of rotatable bonds is 13. The van der Waals surface area contributed by atoms with Gasteiger partial charge in [-0.1, -0.05) is 36.4 Å². The summed E-state index contributed by atoms with van der Waals surface area (Å²) in [6.07, 6.45) is 4.79. The first-order valence-electron chi connectivity index (χ1n) is 9.91. The van der Waals surface area contributed by atoms with Crippen molar-refractivity contribution in [1.29, 1.82) is 0 Å². The molecule has 0 bridgehead atoms. The van der Waals surface area contributed by atoms with E-state index < -0.39 is 10.4 Å². The number of hydrogen-bond acceptors (Lipinski definition) is 7. The molecule has 8 heteroatoms. The lowest BCUT2D eigenvalue weighted by atomic mass is 10.1. The highest BCUT2D eigenvalue weighted by Gasteiger charge is 2.13. The second-order valence-corrected chi connectivity index (χ2v) is 7.76. The van der Waals surface area contributed by atoms with Crippen LogP contribution in [-0.2, 0) is 14.6 Å². The number of aliphatic hydroxyl groups is 2. The summed E-state index contributed by atoms with van der Waals surface area (Å²) in [5.74, 6) is 0.169. The largest absolute Gasteiger partial charge is 0.449 e. The van der Waals surface area contributed by atoms with E-state index in [0.29, 0.717) is 19.4 Å². The maximum atomic E-state index is 11.8. The van der Waals surface area contributed by atoms with Crippen LogP contribution >= 0.6 is 0 Å². The molecule has 30 heavy (non-hydrogen) atoms. The van der Waals surface area contributed by atoms with E-state index in [-0.39, 0.29) is 25.6 Å². The quantitative estimate of drug-likeness (QED) is 0.369. The van der Waals surface area contributed by atoms with Crippen LogP contribution in [0.25, 0.3) is 12.2 Å². The van der Waals surface area contributed by atoms with Gasteiger partial charge in [0.05, 0.1) is 13.2 Å². The molecule has 0 saturated carbocycles. The molecule has 2 N–H and O–H groups in total. The van der Waals surface area contributed by atoms with Gasteiger partial charge in [0.15, 0.2) is 0 Å². The lowest BCUT2D eigenvalue weighted by molar-refractivity contribution is 0.239. The third-order valence-corrected chi connectivity index (χ3v) is 5.19. The molecule has 0 unspecified atom stereocenters. The van der Waals surface area contributed by atoms with E-state index in [1.807, 2.05) is 43.3 Å². The molecule has 0 spiro atoms. The topological polar surface area (TPSA) is 96.3 Å². The van der Waals surface area contributed by atoms with Gasteiger partial charge in [0, 0.05) is 25.4 Å². The highest BCUT2D eigenvalue weighted by molar-refractivity contribution is 7.82. The Morgan fingerprint density at radius 2 is 1.50 bits per heavy atom. The van der Waals surface area contributed by atoms with Crippen molar-refractivity contribution in [3.05, 3.63) is 59.7 Å². The fourth-order valence-corrected chi connectivity index (χ4v) is 3.45. The van der Waals surface area contributed by atoms with E-state index in [4.69, 9.17) is 18.6 Å². The predicted molar refractivity (Wildman–Crippen MR) is 119 cm³/mol. The number of unbranched alkanes of at least 4 members (excludes halogenated alkanes) is 1. The van der Waals surface area contributed by atoms with Crippen molar-refractivity contribution in [1.82, 2.24) is 0 Å². The minimum absolute atomic E-state index is 0.00964. The van der Waals surface area contributed by atoms with Gasteiger partial charge < -0.3 is 19.3 Å². The first kappa shape index (κ1) is 23.9. The maximum absolute atomic E-state index is 11.8. The summed E-state index contributed by atoms with van der Waals surface area (Å²) >= 11 is 0. The standard InChI is InChI=1S/C22H29NO6S/c1-2-23(15-17-25)21-11-7-19(8-12-21)5-6-20-9-13-22(14-10-20)29-30(26,27)28-18-4-3-16-24/h5-14,24-25H,2-4,15-18H2,1H3. The third-order valence-electron chi connectivity index (χ3n) is 4.34. The van der Waals surface area contributed by atoms with Crippen LogP contribution in [0.4, 0.5) is 5.69 Å². The van der Waals surface area contributed by atoms with Crippen LogP contribution < -0.4 is 9.08 Å². The van der Waals surface area contributed by atoms with Gasteiger partial charge in [0.1, 0.15) is 5.75 Å². The van der Waals surface area contributed by atoms with Crippen molar-refractivity contribution < 1.29 is 27.0 Å². The molecule has 0 heterocycles. The predicted octanol–water partition coefficient (Wildman–Crippen LogP) is 3.09. The molecule has 164 valence electrons. The van der Waals surface area contributed by atoms with E-state index >= 15 is 0 Å². The zero-order valence-corrected chi connectivity index (χ0v) is 17.9. The molecular formula is C22H29NO6S. The van der Waals surface area contributed by atoms with Gasteiger partial charge in [-0.25, -0.2) is 4.18 Å². The molecule has 7 nitrogen and oxygen atoms in total. The Balaban J connectivity index is 1.93. The Bertz CT molecular complexity index is 879. The van der Waals surface area contributed by atoms with E-state index in [0.717, 1.165) is 23.4 Å². The molecule has 2 rings (SSSR count). The van der Waals surface area contributed by atoms with Gasteiger partial charge in [-0.2, -0.15) is 8.42 Å².